The summed E-state index contributed by atoms with van der Waals surface area (Å²) in [5.74, 6) is -1.64. The number of imidazole rings is 1. The molecule has 3 aromatic carbocycles. The fraction of sp³-hybridized carbons (Fsp3) is 0.0476. The molecule has 0 fully saturated rings. The third-order valence-electron chi connectivity index (χ3n) is 4.37. The summed E-state index contributed by atoms with van der Waals surface area (Å²) in [7, 11) is 1.41. The second-order valence-corrected chi connectivity index (χ2v) is 5.92. The number of fused-ring (bicyclic) bond motifs is 1. The average molecular weight is 361 g/mol. The lowest BCUT2D eigenvalue weighted by atomic mass is 10.0. The first-order valence-corrected chi connectivity index (χ1v) is 8.12. The van der Waals surface area contributed by atoms with Crippen LogP contribution >= 0.6 is 0 Å². The van der Waals surface area contributed by atoms with Gasteiger partial charge in [-0.3, -0.25) is 4.57 Å². The number of hydrogen-bond acceptors (Lipinski definition) is 3. The Morgan fingerprint density at radius 2 is 1.93 bits per heavy atom. The van der Waals surface area contributed by atoms with Crippen molar-refractivity contribution >= 4 is 11.0 Å². The van der Waals surface area contributed by atoms with Gasteiger partial charge in [0.1, 0.15) is 12.1 Å². The number of methoxy groups -OCH3 is 1. The zero-order valence-corrected chi connectivity index (χ0v) is 14.3. The Balaban J connectivity index is 1.88. The average Bonchev–Trinajstić information content (AvgIpc) is 3.13. The lowest BCUT2D eigenvalue weighted by molar-refractivity contribution is 0.409. The summed E-state index contributed by atoms with van der Waals surface area (Å²) in [6, 6.07) is 16.8. The monoisotopic (exact) mass is 361 g/mol. The third-order valence-corrected chi connectivity index (χ3v) is 4.37. The first-order valence-electron chi connectivity index (χ1n) is 8.12. The van der Waals surface area contributed by atoms with Gasteiger partial charge in [-0.1, -0.05) is 12.1 Å². The number of rotatable bonds is 3. The second kappa shape index (κ2) is 6.54. The predicted octanol–water partition coefficient (Wildman–Crippen LogP) is 4.85. The van der Waals surface area contributed by atoms with E-state index in [0.717, 1.165) is 17.3 Å². The van der Waals surface area contributed by atoms with Crippen molar-refractivity contribution in [2.45, 2.75) is 0 Å². The molecule has 4 rings (SSSR count). The molecule has 0 unspecified atom stereocenters. The molecule has 0 radical (unpaired) electrons. The molecular weight excluding hydrogens is 348 g/mol. The number of hydrogen-bond donors (Lipinski definition) is 0. The van der Waals surface area contributed by atoms with Gasteiger partial charge in [-0.25, -0.2) is 13.8 Å². The van der Waals surface area contributed by atoms with Crippen LogP contribution in [0.4, 0.5) is 8.78 Å². The zero-order chi connectivity index (χ0) is 19.0. The van der Waals surface area contributed by atoms with Gasteiger partial charge in [0.2, 0.25) is 0 Å². The molecule has 0 spiro atoms. The Bertz CT molecular complexity index is 1210. The molecule has 27 heavy (non-hydrogen) atoms. The maximum atomic E-state index is 14.4. The minimum absolute atomic E-state index is 0.0653. The van der Waals surface area contributed by atoms with Crippen LogP contribution in [0.25, 0.3) is 27.8 Å². The maximum absolute atomic E-state index is 14.4. The first-order chi connectivity index (χ1) is 13.1. The van der Waals surface area contributed by atoms with Gasteiger partial charge in [0.25, 0.3) is 0 Å². The molecule has 0 saturated heterocycles. The number of nitriles is 1. The number of halogens is 2. The van der Waals surface area contributed by atoms with Gasteiger partial charge in [-0.2, -0.15) is 5.26 Å². The molecule has 4 aromatic rings. The summed E-state index contributed by atoms with van der Waals surface area (Å²) < 4.78 is 35.2. The van der Waals surface area contributed by atoms with E-state index in [2.05, 4.69) is 11.1 Å². The van der Waals surface area contributed by atoms with E-state index >= 15 is 0 Å². The van der Waals surface area contributed by atoms with Crippen molar-refractivity contribution in [3.8, 4) is 28.6 Å². The van der Waals surface area contributed by atoms with Gasteiger partial charge >= 0.3 is 0 Å². The molecule has 132 valence electrons. The zero-order valence-electron chi connectivity index (χ0n) is 14.3. The van der Waals surface area contributed by atoms with E-state index in [1.807, 2.05) is 10.6 Å². The standard InChI is InChI=1S/C21H13F2N3O/c1-27-19-8-6-16(22)21(23)20(19)14-3-2-4-15(10-14)26-12-25-17-9-13(11-24)5-7-18(17)26/h2-10,12H,1H3. The quantitative estimate of drug-likeness (QED) is 0.524. The molecule has 0 aliphatic heterocycles. The van der Waals surface area contributed by atoms with E-state index in [-0.39, 0.29) is 11.3 Å². The van der Waals surface area contributed by atoms with E-state index in [1.165, 1.54) is 13.2 Å². The van der Waals surface area contributed by atoms with Gasteiger partial charge in [-0.15, -0.1) is 0 Å². The number of aromatic nitrogens is 2. The molecule has 1 heterocycles. The second-order valence-electron chi connectivity index (χ2n) is 5.92. The Labute approximate surface area is 153 Å². The molecule has 1 aromatic heterocycles. The molecule has 4 nitrogen and oxygen atoms in total. The predicted molar refractivity (Wildman–Crippen MR) is 97.7 cm³/mol. The summed E-state index contributed by atoms with van der Waals surface area (Å²) in [6.45, 7) is 0. The van der Waals surface area contributed by atoms with Crippen molar-refractivity contribution in [1.82, 2.24) is 9.55 Å². The van der Waals surface area contributed by atoms with Crippen LogP contribution in [0, 0.1) is 23.0 Å². The SMILES string of the molecule is COc1ccc(F)c(F)c1-c1cccc(-n2cnc3cc(C#N)ccc32)c1. The Morgan fingerprint density at radius 3 is 2.70 bits per heavy atom. The van der Waals surface area contributed by atoms with Crippen molar-refractivity contribution in [2.24, 2.45) is 0 Å². The van der Waals surface area contributed by atoms with Gasteiger partial charge in [0.15, 0.2) is 11.6 Å². The summed E-state index contributed by atoms with van der Waals surface area (Å²) in [5, 5.41) is 9.02. The van der Waals surface area contributed by atoms with Gasteiger partial charge in [0.05, 0.1) is 35.3 Å². The highest BCUT2D eigenvalue weighted by Crippen LogP contribution is 2.35. The highest BCUT2D eigenvalue weighted by Gasteiger charge is 2.17. The molecule has 6 heteroatoms. The molecule has 0 aliphatic rings. The van der Waals surface area contributed by atoms with Gasteiger partial charge < -0.3 is 4.74 Å². The van der Waals surface area contributed by atoms with Gasteiger partial charge in [-0.05, 0) is 48.0 Å². The van der Waals surface area contributed by atoms with Crippen molar-refractivity contribution in [3.05, 3.63) is 78.1 Å². The van der Waals surface area contributed by atoms with E-state index in [1.54, 1.807) is 42.7 Å². The van der Waals surface area contributed by atoms with E-state index in [9.17, 15) is 8.78 Å². The van der Waals surface area contributed by atoms with Crippen LogP contribution in [-0.4, -0.2) is 16.7 Å². The topological polar surface area (TPSA) is 50.8 Å². The van der Waals surface area contributed by atoms with Crippen LogP contribution in [0.5, 0.6) is 5.75 Å². The molecule has 0 amide bonds. The van der Waals surface area contributed by atoms with Crippen molar-refractivity contribution in [2.75, 3.05) is 7.11 Å². The third kappa shape index (κ3) is 2.79. The largest absolute Gasteiger partial charge is 0.496 e. The first kappa shape index (κ1) is 16.7. The van der Waals surface area contributed by atoms with Crippen LogP contribution in [-0.2, 0) is 0 Å². The fourth-order valence-corrected chi connectivity index (χ4v) is 3.07. The maximum Gasteiger partial charge on any atom is 0.170 e. The molecule has 0 aliphatic carbocycles. The van der Waals surface area contributed by atoms with Crippen LogP contribution in [0.1, 0.15) is 5.56 Å². The molecular formula is C21H13F2N3O. The van der Waals surface area contributed by atoms with Crippen LogP contribution in [0.2, 0.25) is 0 Å². The normalized spacial score (nSPS) is 10.7. The summed E-state index contributed by atoms with van der Waals surface area (Å²) in [6.07, 6.45) is 1.63. The van der Waals surface area contributed by atoms with Crippen molar-refractivity contribution < 1.29 is 13.5 Å². The Kier molecular flexibility index (Phi) is 4.05. The number of nitrogens with zero attached hydrogens (tertiary/aromatic N) is 3. The molecule has 0 atom stereocenters. The summed E-state index contributed by atoms with van der Waals surface area (Å²) in [4.78, 5) is 4.32. The number of ether oxygens (including phenoxy) is 1. The van der Waals surface area contributed by atoms with E-state index in [0.29, 0.717) is 16.6 Å². The lowest BCUT2D eigenvalue weighted by Gasteiger charge is -2.12. The molecule has 0 N–H and O–H groups in total. The van der Waals surface area contributed by atoms with E-state index in [4.69, 9.17) is 10.00 Å². The van der Waals surface area contributed by atoms with Crippen LogP contribution < -0.4 is 4.74 Å². The fourth-order valence-electron chi connectivity index (χ4n) is 3.07. The summed E-state index contributed by atoms with van der Waals surface area (Å²) in [5.41, 5.74) is 3.28. The van der Waals surface area contributed by atoms with E-state index < -0.39 is 11.6 Å². The Morgan fingerprint density at radius 1 is 1.07 bits per heavy atom. The Hall–Kier alpha value is -3.72. The molecule has 0 saturated carbocycles. The number of benzene rings is 3. The molecule has 0 bridgehead atoms. The lowest BCUT2D eigenvalue weighted by Crippen LogP contribution is -1.97. The van der Waals surface area contributed by atoms with Crippen molar-refractivity contribution in [3.63, 3.8) is 0 Å². The smallest absolute Gasteiger partial charge is 0.170 e. The van der Waals surface area contributed by atoms with Crippen molar-refractivity contribution in [1.29, 1.82) is 5.26 Å². The van der Waals surface area contributed by atoms with Crippen LogP contribution in [0.3, 0.4) is 0 Å². The van der Waals surface area contributed by atoms with Crippen LogP contribution in [0.15, 0.2) is 60.9 Å². The highest BCUT2D eigenvalue weighted by atomic mass is 19.2. The highest BCUT2D eigenvalue weighted by molar-refractivity contribution is 5.80. The van der Waals surface area contributed by atoms with Gasteiger partial charge in [0, 0.05) is 5.69 Å². The minimum Gasteiger partial charge on any atom is -0.496 e. The minimum atomic E-state index is -0.958. The summed E-state index contributed by atoms with van der Waals surface area (Å²) >= 11 is 0.